The number of benzene rings is 1. The summed E-state index contributed by atoms with van der Waals surface area (Å²) in [5.74, 6) is -1.05. The molecule has 7 heteroatoms. The van der Waals surface area contributed by atoms with Crippen LogP contribution < -0.4 is 5.32 Å². The third kappa shape index (κ3) is 3.99. The van der Waals surface area contributed by atoms with E-state index in [1.807, 2.05) is 0 Å². The Balaban J connectivity index is 1.55. The van der Waals surface area contributed by atoms with Crippen LogP contribution in [-0.4, -0.2) is 35.1 Å². The van der Waals surface area contributed by atoms with Gasteiger partial charge in [-0.1, -0.05) is 12.1 Å². The Morgan fingerprint density at radius 1 is 1.28 bits per heavy atom. The van der Waals surface area contributed by atoms with Crippen LogP contribution in [0.1, 0.15) is 18.4 Å². The number of amides is 2. The summed E-state index contributed by atoms with van der Waals surface area (Å²) in [6.07, 6.45) is 2.40. The number of piperidine rings is 1. The van der Waals surface area contributed by atoms with E-state index in [0.717, 1.165) is 0 Å². The molecule has 1 aromatic heterocycles. The predicted molar refractivity (Wildman–Crippen MR) is 88.3 cm³/mol. The van der Waals surface area contributed by atoms with Gasteiger partial charge in [-0.25, -0.2) is 9.18 Å². The summed E-state index contributed by atoms with van der Waals surface area (Å²) >= 11 is 0. The third-order valence-corrected chi connectivity index (χ3v) is 4.42. The van der Waals surface area contributed by atoms with Crippen molar-refractivity contribution in [1.82, 2.24) is 10.2 Å². The van der Waals surface area contributed by atoms with E-state index in [2.05, 4.69) is 5.32 Å². The van der Waals surface area contributed by atoms with Crippen LogP contribution in [0.25, 0.3) is 11.3 Å². The molecule has 0 atom stereocenters. The highest BCUT2D eigenvalue weighted by molar-refractivity contribution is 5.75. The Morgan fingerprint density at radius 3 is 2.64 bits per heavy atom. The van der Waals surface area contributed by atoms with Crippen LogP contribution in [0.15, 0.2) is 41.0 Å². The van der Waals surface area contributed by atoms with E-state index in [1.54, 1.807) is 29.2 Å². The molecule has 6 nitrogen and oxygen atoms in total. The molecule has 3 rings (SSSR count). The molecular weight excluding hydrogens is 327 g/mol. The van der Waals surface area contributed by atoms with Gasteiger partial charge in [0, 0.05) is 30.8 Å². The van der Waals surface area contributed by atoms with Crippen molar-refractivity contribution in [2.24, 2.45) is 5.92 Å². The minimum Gasteiger partial charge on any atom is -0.481 e. The molecule has 0 bridgehead atoms. The van der Waals surface area contributed by atoms with Gasteiger partial charge in [0.15, 0.2) is 0 Å². The fourth-order valence-corrected chi connectivity index (χ4v) is 2.90. The maximum atomic E-state index is 14.2. The highest BCUT2D eigenvalue weighted by Crippen LogP contribution is 2.22. The Kier molecular flexibility index (Phi) is 5.02. The standard InChI is InChI=1S/C18H19FN2O4/c19-15-10-13(16-2-1-9-25-16)3-4-14(15)11-20-18(24)21-7-5-12(6-8-21)17(22)23/h1-4,9-10,12H,5-8,11H2,(H,20,24)(H,22,23). The van der Waals surface area contributed by atoms with Gasteiger partial charge in [-0.2, -0.15) is 0 Å². The molecule has 1 saturated heterocycles. The molecule has 2 aromatic rings. The van der Waals surface area contributed by atoms with E-state index in [1.165, 1.54) is 12.3 Å². The van der Waals surface area contributed by atoms with Crippen molar-refractivity contribution in [3.05, 3.63) is 48.0 Å². The molecule has 132 valence electrons. The smallest absolute Gasteiger partial charge is 0.317 e. The number of carbonyl (C=O) groups excluding carboxylic acids is 1. The normalized spacial score (nSPS) is 15.2. The highest BCUT2D eigenvalue weighted by Gasteiger charge is 2.26. The van der Waals surface area contributed by atoms with Crippen molar-refractivity contribution in [1.29, 1.82) is 0 Å². The number of aliphatic carboxylic acids is 1. The number of likely N-dealkylation sites (tertiary alicyclic amines) is 1. The number of urea groups is 1. The first-order valence-corrected chi connectivity index (χ1v) is 8.12. The van der Waals surface area contributed by atoms with Crippen molar-refractivity contribution >= 4 is 12.0 Å². The number of furan rings is 1. The quantitative estimate of drug-likeness (QED) is 0.891. The molecular formula is C18H19FN2O4. The molecule has 0 aliphatic carbocycles. The van der Waals surface area contributed by atoms with Crippen LogP contribution in [-0.2, 0) is 11.3 Å². The summed E-state index contributed by atoms with van der Waals surface area (Å²) in [5, 5.41) is 11.7. The van der Waals surface area contributed by atoms with Gasteiger partial charge in [0.2, 0.25) is 0 Å². The number of carboxylic acids is 1. The van der Waals surface area contributed by atoms with Crippen LogP contribution in [0.5, 0.6) is 0 Å². The number of nitrogens with zero attached hydrogens (tertiary/aromatic N) is 1. The number of nitrogens with one attached hydrogen (secondary N) is 1. The molecule has 2 heterocycles. The topological polar surface area (TPSA) is 82.8 Å². The maximum absolute atomic E-state index is 14.2. The number of carboxylic acid groups (broad SMARTS) is 1. The first kappa shape index (κ1) is 17.0. The van der Waals surface area contributed by atoms with Gasteiger partial charge in [-0.05, 0) is 31.0 Å². The van der Waals surface area contributed by atoms with E-state index >= 15 is 0 Å². The van der Waals surface area contributed by atoms with Gasteiger partial charge in [-0.15, -0.1) is 0 Å². The largest absolute Gasteiger partial charge is 0.481 e. The van der Waals surface area contributed by atoms with Gasteiger partial charge >= 0.3 is 12.0 Å². The monoisotopic (exact) mass is 346 g/mol. The first-order valence-electron chi connectivity index (χ1n) is 8.12. The fourth-order valence-electron chi connectivity index (χ4n) is 2.90. The van der Waals surface area contributed by atoms with E-state index < -0.39 is 17.7 Å². The van der Waals surface area contributed by atoms with E-state index in [0.29, 0.717) is 42.8 Å². The summed E-state index contributed by atoms with van der Waals surface area (Å²) in [6.45, 7) is 0.855. The fraction of sp³-hybridized carbons (Fsp3) is 0.333. The van der Waals surface area contributed by atoms with Gasteiger partial charge in [-0.3, -0.25) is 4.79 Å². The van der Waals surface area contributed by atoms with Gasteiger partial charge in [0.1, 0.15) is 11.6 Å². The van der Waals surface area contributed by atoms with Crippen molar-refractivity contribution in [3.63, 3.8) is 0 Å². The second-order valence-electron chi connectivity index (χ2n) is 6.04. The SMILES string of the molecule is O=C(O)C1CCN(C(=O)NCc2ccc(-c3ccco3)cc2F)CC1. The van der Waals surface area contributed by atoms with Crippen LogP contribution in [0, 0.1) is 11.7 Å². The molecule has 1 aliphatic rings. The minimum absolute atomic E-state index is 0.0714. The lowest BCUT2D eigenvalue weighted by Crippen LogP contribution is -2.45. The second-order valence-corrected chi connectivity index (χ2v) is 6.04. The van der Waals surface area contributed by atoms with Crippen molar-refractivity contribution in [2.45, 2.75) is 19.4 Å². The number of rotatable bonds is 4. The zero-order valence-corrected chi connectivity index (χ0v) is 13.6. The molecule has 1 fully saturated rings. The Morgan fingerprint density at radius 2 is 2.04 bits per heavy atom. The van der Waals surface area contributed by atoms with Crippen molar-refractivity contribution in [2.75, 3.05) is 13.1 Å². The third-order valence-electron chi connectivity index (χ3n) is 4.42. The van der Waals surface area contributed by atoms with Gasteiger partial charge in [0.25, 0.3) is 0 Å². The molecule has 2 N–H and O–H groups in total. The molecule has 1 aliphatic heterocycles. The van der Waals surface area contributed by atoms with Crippen LogP contribution in [0.3, 0.4) is 0 Å². The highest BCUT2D eigenvalue weighted by atomic mass is 19.1. The summed E-state index contributed by atoms with van der Waals surface area (Å²) < 4.78 is 19.4. The van der Waals surface area contributed by atoms with E-state index in [9.17, 15) is 14.0 Å². The van der Waals surface area contributed by atoms with Gasteiger partial charge < -0.3 is 19.7 Å². The molecule has 0 unspecified atom stereocenters. The lowest BCUT2D eigenvalue weighted by molar-refractivity contribution is -0.143. The number of halogens is 1. The van der Waals surface area contributed by atoms with Crippen molar-refractivity contribution in [3.8, 4) is 11.3 Å². The van der Waals surface area contributed by atoms with E-state index in [4.69, 9.17) is 9.52 Å². The summed E-state index contributed by atoms with van der Waals surface area (Å²) in [6, 6.07) is 7.90. The minimum atomic E-state index is -0.821. The molecule has 25 heavy (non-hydrogen) atoms. The van der Waals surface area contributed by atoms with Crippen LogP contribution in [0.4, 0.5) is 9.18 Å². The average Bonchev–Trinajstić information content (AvgIpc) is 3.15. The molecule has 0 radical (unpaired) electrons. The lowest BCUT2D eigenvalue weighted by atomic mass is 9.97. The summed E-state index contributed by atoms with van der Waals surface area (Å²) in [5.41, 5.74) is 1.01. The van der Waals surface area contributed by atoms with E-state index in [-0.39, 0.29) is 12.6 Å². The molecule has 0 spiro atoms. The zero-order valence-electron chi connectivity index (χ0n) is 13.6. The number of hydrogen-bond donors (Lipinski definition) is 2. The molecule has 2 amide bonds. The van der Waals surface area contributed by atoms with Gasteiger partial charge in [0.05, 0.1) is 12.2 Å². The van der Waals surface area contributed by atoms with Crippen LogP contribution in [0.2, 0.25) is 0 Å². The Labute approximate surface area is 144 Å². The lowest BCUT2D eigenvalue weighted by Gasteiger charge is -2.30. The first-order chi connectivity index (χ1) is 12.0. The summed E-state index contributed by atoms with van der Waals surface area (Å²) in [4.78, 5) is 24.6. The second kappa shape index (κ2) is 7.38. The Hall–Kier alpha value is -2.83. The number of carbonyl (C=O) groups is 2. The average molecular weight is 346 g/mol. The summed E-state index contributed by atoms with van der Waals surface area (Å²) in [7, 11) is 0. The number of hydrogen-bond acceptors (Lipinski definition) is 3. The zero-order chi connectivity index (χ0) is 17.8. The Bertz CT molecular complexity index is 752. The maximum Gasteiger partial charge on any atom is 0.317 e. The molecule has 1 aromatic carbocycles. The van der Waals surface area contributed by atoms with Crippen LogP contribution >= 0.6 is 0 Å². The van der Waals surface area contributed by atoms with Crippen molar-refractivity contribution < 1.29 is 23.5 Å². The molecule has 0 saturated carbocycles. The predicted octanol–water partition coefficient (Wildman–Crippen LogP) is 3.09.